The van der Waals surface area contributed by atoms with Crippen LogP contribution in [0.5, 0.6) is 0 Å². The number of amides is 2. The first kappa shape index (κ1) is 22.3. The van der Waals surface area contributed by atoms with E-state index in [2.05, 4.69) is 15.2 Å². The van der Waals surface area contributed by atoms with Crippen molar-refractivity contribution in [2.75, 3.05) is 36.4 Å². The van der Waals surface area contributed by atoms with Gasteiger partial charge in [-0.15, -0.1) is 0 Å². The highest BCUT2D eigenvalue weighted by atomic mass is 35.5. The summed E-state index contributed by atoms with van der Waals surface area (Å²) in [6.07, 6.45) is 0. The number of anilines is 2. The van der Waals surface area contributed by atoms with Crippen LogP contribution in [0.2, 0.25) is 10.0 Å². The lowest BCUT2D eigenvalue weighted by atomic mass is 10.1. The average Bonchev–Trinajstić information content (AvgIpc) is 2.79. The fourth-order valence-electron chi connectivity index (χ4n) is 3.55. The zero-order valence-electron chi connectivity index (χ0n) is 17.7. The van der Waals surface area contributed by atoms with E-state index < -0.39 is 5.82 Å². The van der Waals surface area contributed by atoms with E-state index >= 15 is 0 Å². The summed E-state index contributed by atoms with van der Waals surface area (Å²) < 4.78 is 13.3. The van der Waals surface area contributed by atoms with Gasteiger partial charge in [0.2, 0.25) is 0 Å². The number of hydrogen-bond donors (Lipinski definition) is 1. The molecular formula is C23H22Cl2FN5O. The fourth-order valence-corrected chi connectivity index (χ4v) is 3.85. The van der Waals surface area contributed by atoms with Crippen LogP contribution < -0.4 is 10.2 Å². The highest BCUT2D eigenvalue weighted by Crippen LogP contribution is 2.26. The molecule has 6 nitrogen and oxygen atoms in total. The van der Waals surface area contributed by atoms with Crippen LogP contribution in [0, 0.1) is 19.7 Å². The maximum atomic E-state index is 13.3. The smallest absolute Gasteiger partial charge is 0.321 e. The average molecular weight is 474 g/mol. The van der Waals surface area contributed by atoms with Gasteiger partial charge in [0.15, 0.2) is 5.82 Å². The molecule has 1 saturated heterocycles. The molecule has 1 aromatic heterocycles. The van der Waals surface area contributed by atoms with Crippen LogP contribution >= 0.6 is 23.2 Å². The van der Waals surface area contributed by atoms with Gasteiger partial charge in [-0.05, 0) is 56.3 Å². The van der Waals surface area contributed by atoms with Gasteiger partial charge in [-0.3, -0.25) is 0 Å². The Morgan fingerprint density at radius 1 is 1.00 bits per heavy atom. The van der Waals surface area contributed by atoms with Crippen molar-refractivity contribution in [3.05, 3.63) is 69.6 Å². The Morgan fingerprint density at radius 2 is 1.69 bits per heavy atom. The van der Waals surface area contributed by atoms with Crippen molar-refractivity contribution in [1.82, 2.24) is 14.9 Å². The molecule has 1 N–H and O–H groups in total. The van der Waals surface area contributed by atoms with Crippen molar-refractivity contribution in [1.29, 1.82) is 0 Å². The van der Waals surface area contributed by atoms with Gasteiger partial charge in [0, 0.05) is 53.7 Å². The van der Waals surface area contributed by atoms with E-state index in [1.807, 2.05) is 38.1 Å². The van der Waals surface area contributed by atoms with E-state index in [0.29, 0.717) is 42.7 Å². The summed E-state index contributed by atoms with van der Waals surface area (Å²) >= 11 is 11.8. The molecule has 4 rings (SSSR count). The molecule has 1 fully saturated rings. The predicted octanol–water partition coefficient (Wildman–Crippen LogP) is 5.56. The van der Waals surface area contributed by atoms with Crippen molar-refractivity contribution < 1.29 is 9.18 Å². The largest absolute Gasteiger partial charge is 0.353 e. The van der Waals surface area contributed by atoms with Gasteiger partial charge in [-0.1, -0.05) is 23.2 Å². The zero-order chi connectivity index (χ0) is 22.8. The summed E-state index contributed by atoms with van der Waals surface area (Å²) in [5, 5.41) is 3.40. The number of hydrogen-bond acceptors (Lipinski definition) is 4. The molecule has 32 heavy (non-hydrogen) atoms. The standard InChI is InChI=1S/C23H22Cl2FN5O/c1-14-15(2)27-21(16-3-5-17(24)6-4-16)29-22(14)30-9-11-31(12-10-30)23(32)28-18-7-8-20(26)19(25)13-18/h3-8,13H,9-12H2,1-2H3,(H,28,32). The van der Waals surface area contributed by atoms with Gasteiger partial charge in [-0.25, -0.2) is 19.2 Å². The Kier molecular flexibility index (Phi) is 6.48. The molecular weight excluding hydrogens is 452 g/mol. The third kappa shape index (κ3) is 4.79. The molecule has 0 saturated carbocycles. The highest BCUT2D eigenvalue weighted by Gasteiger charge is 2.24. The van der Waals surface area contributed by atoms with Crippen LogP contribution in [-0.2, 0) is 0 Å². The normalized spacial score (nSPS) is 13.9. The van der Waals surface area contributed by atoms with Crippen LogP contribution in [0.1, 0.15) is 11.3 Å². The molecule has 0 spiro atoms. The quantitative estimate of drug-likeness (QED) is 0.540. The minimum absolute atomic E-state index is 0.0290. The van der Waals surface area contributed by atoms with E-state index in [-0.39, 0.29) is 11.1 Å². The second-order valence-corrected chi connectivity index (χ2v) is 8.46. The number of nitrogens with one attached hydrogen (secondary N) is 1. The summed E-state index contributed by atoms with van der Waals surface area (Å²) in [5.74, 6) is 0.993. The SMILES string of the molecule is Cc1nc(-c2ccc(Cl)cc2)nc(N2CCN(C(=O)Nc3ccc(F)c(Cl)c3)CC2)c1C. The van der Waals surface area contributed by atoms with Crippen molar-refractivity contribution in [3.63, 3.8) is 0 Å². The minimum atomic E-state index is -0.522. The van der Waals surface area contributed by atoms with E-state index in [9.17, 15) is 9.18 Å². The number of piperazine rings is 1. The number of aryl methyl sites for hydroxylation is 1. The number of aromatic nitrogens is 2. The first-order chi connectivity index (χ1) is 15.3. The first-order valence-corrected chi connectivity index (χ1v) is 10.9. The third-order valence-electron chi connectivity index (χ3n) is 5.50. The molecule has 0 aliphatic carbocycles. The molecule has 2 amide bonds. The highest BCUT2D eigenvalue weighted by molar-refractivity contribution is 6.31. The van der Waals surface area contributed by atoms with Gasteiger partial charge in [0.25, 0.3) is 0 Å². The van der Waals surface area contributed by atoms with Crippen LogP contribution in [0.15, 0.2) is 42.5 Å². The van der Waals surface area contributed by atoms with Crippen LogP contribution in [-0.4, -0.2) is 47.1 Å². The zero-order valence-corrected chi connectivity index (χ0v) is 19.2. The summed E-state index contributed by atoms with van der Waals surface area (Å²) in [6, 6.07) is 11.3. The van der Waals surface area contributed by atoms with Crippen molar-refractivity contribution in [3.8, 4) is 11.4 Å². The maximum absolute atomic E-state index is 13.3. The minimum Gasteiger partial charge on any atom is -0.353 e. The number of benzene rings is 2. The first-order valence-electron chi connectivity index (χ1n) is 10.2. The van der Waals surface area contributed by atoms with Gasteiger partial charge < -0.3 is 15.1 Å². The molecule has 3 aromatic rings. The lowest BCUT2D eigenvalue weighted by molar-refractivity contribution is 0.208. The Labute approximate surface area is 196 Å². The van der Waals surface area contributed by atoms with E-state index in [0.717, 1.165) is 22.6 Å². The Bertz CT molecular complexity index is 1150. The number of carbonyl (C=O) groups excluding carboxylic acids is 1. The van der Waals surface area contributed by atoms with E-state index in [1.165, 1.54) is 18.2 Å². The Balaban J connectivity index is 1.46. The molecule has 9 heteroatoms. The fraction of sp³-hybridized carbons (Fsp3) is 0.261. The summed E-state index contributed by atoms with van der Waals surface area (Å²) in [5.41, 5.74) is 3.28. The monoisotopic (exact) mass is 473 g/mol. The van der Waals surface area contributed by atoms with E-state index in [4.69, 9.17) is 28.2 Å². The molecule has 1 aliphatic rings. The third-order valence-corrected chi connectivity index (χ3v) is 6.04. The van der Waals surface area contributed by atoms with Gasteiger partial charge in [-0.2, -0.15) is 0 Å². The number of carbonyl (C=O) groups is 1. The van der Waals surface area contributed by atoms with Crippen molar-refractivity contribution in [2.24, 2.45) is 0 Å². The second-order valence-electron chi connectivity index (χ2n) is 7.62. The molecule has 1 aliphatic heterocycles. The number of halogens is 3. The van der Waals surface area contributed by atoms with Crippen molar-refractivity contribution in [2.45, 2.75) is 13.8 Å². The second kappa shape index (κ2) is 9.30. The summed E-state index contributed by atoms with van der Waals surface area (Å²) in [7, 11) is 0. The van der Waals surface area contributed by atoms with Gasteiger partial charge >= 0.3 is 6.03 Å². The Hall–Kier alpha value is -2.90. The number of rotatable bonds is 3. The lowest BCUT2D eigenvalue weighted by Gasteiger charge is -2.36. The summed E-state index contributed by atoms with van der Waals surface area (Å²) in [4.78, 5) is 26.0. The maximum Gasteiger partial charge on any atom is 0.321 e. The molecule has 0 bridgehead atoms. The van der Waals surface area contributed by atoms with Crippen LogP contribution in [0.3, 0.4) is 0 Å². The number of urea groups is 1. The molecule has 166 valence electrons. The lowest BCUT2D eigenvalue weighted by Crippen LogP contribution is -2.50. The van der Waals surface area contributed by atoms with Crippen LogP contribution in [0.25, 0.3) is 11.4 Å². The molecule has 0 atom stereocenters. The molecule has 2 aromatic carbocycles. The van der Waals surface area contributed by atoms with Gasteiger partial charge in [0.05, 0.1) is 5.02 Å². The number of nitrogens with zero attached hydrogens (tertiary/aromatic N) is 4. The topological polar surface area (TPSA) is 61.4 Å². The summed E-state index contributed by atoms with van der Waals surface area (Å²) in [6.45, 7) is 6.30. The van der Waals surface area contributed by atoms with Gasteiger partial charge in [0.1, 0.15) is 11.6 Å². The molecule has 2 heterocycles. The van der Waals surface area contributed by atoms with E-state index in [1.54, 1.807) is 4.90 Å². The molecule has 0 unspecified atom stereocenters. The molecule has 0 radical (unpaired) electrons. The van der Waals surface area contributed by atoms with Crippen molar-refractivity contribution >= 4 is 40.7 Å². The predicted molar refractivity (Wildman–Crippen MR) is 126 cm³/mol. The Morgan fingerprint density at radius 3 is 2.34 bits per heavy atom. The van der Waals surface area contributed by atoms with Crippen LogP contribution in [0.4, 0.5) is 20.7 Å².